The Labute approximate surface area is 262 Å². The molecule has 0 saturated carbocycles. The van der Waals surface area contributed by atoms with Gasteiger partial charge in [-0.1, -0.05) is 97.1 Å². The fourth-order valence-corrected chi connectivity index (χ4v) is 5.99. The summed E-state index contributed by atoms with van der Waals surface area (Å²) in [4.78, 5) is 0. The molecule has 0 aliphatic rings. The number of fused-ring (bicyclic) bond motifs is 2. The van der Waals surface area contributed by atoms with Crippen LogP contribution in [0, 0.1) is 0 Å². The molecule has 213 valence electrons. The van der Waals surface area contributed by atoms with Gasteiger partial charge in [-0.3, -0.25) is 0 Å². The molecule has 5 heteroatoms. The van der Waals surface area contributed by atoms with Crippen LogP contribution in [0.5, 0.6) is 11.5 Å². The third-order valence-electron chi connectivity index (χ3n) is 8.12. The zero-order valence-corrected chi connectivity index (χ0v) is 24.5. The quantitative estimate of drug-likeness (QED) is 0.168. The number of hydrogen-bond donors (Lipinski definition) is 0. The average Bonchev–Trinajstić information content (AvgIpc) is 3.69. The molecule has 0 bridgehead atoms. The Morgan fingerprint density at radius 2 is 0.756 bits per heavy atom. The van der Waals surface area contributed by atoms with E-state index in [2.05, 4.69) is 143 Å². The molecule has 2 heterocycles. The second kappa shape index (κ2) is 11.6. The molecule has 0 fully saturated rings. The average molecular weight is 579 g/mol. The van der Waals surface area contributed by atoms with E-state index in [0.717, 1.165) is 33.8 Å². The van der Waals surface area contributed by atoms with Gasteiger partial charge >= 0.3 is 7.69 Å². The molecule has 0 aliphatic carbocycles. The first-order valence-corrected chi connectivity index (χ1v) is 15.0. The van der Waals surface area contributed by atoms with Crippen molar-refractivity contribution in [3.8, 4) is 45.4 Å². The first kappa shape index (κ1) is 26.7. The van der Waals surface area contributed by atoms with Gasteiger partial charge in [0.1, 0.15) is 11.5 Å². The highest BCUT2D eigenvalue weighted by molar-refractivity contribution is 6.20. The van der Waals surface area contributed by atoms with Crippen LogP contribution in [0.4, 0.5) is 0 Å². The monoisotopic (exact) mass is 579 g/mol. The van der Waals surface area contributed by atoms with E-state index < -0.39 is 0 Å². The Morgan fingerprint density at radius 3 is 1.18 bits per heavy atom. The lowest BCUT2D eigenvalue weighted by Gasteiger charge is -2.13. The van der Waals surface area contributed by atoms with E-state index in [1.807, 2.05) is 36.4 Å². The maximum absolute atomic E-state index is 5.86. The Hall–Kier alpha value is -5.94. The largest absolute Gasteiger partial charge is 0.658 e. The SMILES string of the molecule is [B](Oc1ccc(-n2c(-c3ccccc3)cc3ccccc32)cc1)Oc1ccc(-n2c(-c3ccccc3)cc3ccccc32)cc1. The number of para-hydroxylation sites is 2. The molecule has 0 N–H and O–H groups in total. The maximum atomic E-state index is 5.86. The third kappa shape index (κ3) is 5.15. The Morgan fingerprint density at radius 1 is 0.378 bits per heavy atom. The zero-order chi connectivity index (χ0) is 30.0. The highest BCUT2D eigenvalue weighted by atomic mass is 16.6. The maximum Gasteiger partial charge on any atom is 0.658 e. The van der Waals surface area contributed by atoms with E-state index in [9.17, 15) is 0 Å². The summed E-state index contributed by atoms with van der Waals surface area (Å²) in [7, 11) is 1.38. The van der Waals surface area contributed by atoms with Gasteiger partial charge in [-0.25, -0.2) is 0 Å². The number of aromatic nitrogens is 2. The van der Waals surface area contributed by atoms with Crippen LogP contribution in [0.2, 0.25) is 0 Å². The Bertz CT molecular complexity index is 2060. The summed E-state index contributed by atoms with van der Waals surface area (Å²) in [6, 6.07) is 58.5. The molecule has 1 radical (unpaired) electrons. The number of nitrogens with zero attached hydrogens (tertiary/aromatic N) is 2. The van der Waals surface area contributed by atoms with Crippen LogP contribution in [0.25, 0.3) is 55.7 Å². The molecule has 45 heavy (non-hydrogen) atoms. The molecule has 0 amide bonds. The van der Waals surface area contributed by atoms with Gasteiger partial charge < -0.3 is 18.4 Å². The molecule has 0 saturated heterocycles. The topological polar surface area (TPSA) is 28.3 Å². The fraction of sp³-hybridized carbons (Fsp3) is 0. The van der Waals surface area contributed by atoms with Crippen LogP contribution in [0.3, 0.4) is 0 Å². The van der Waals surface area contributed by atoms with Crippen LogP contribution in [-0.4, -0.2) is 16.8 Å². The molecule has 0 atom stereocenters. The van der Waals surface area contributed by atoms with Crippen LogP contribution in [0.1, 0.15) is 0 Å². The van der Waals surface area contributed by atoms with E-state index in [-0.39, 0.29) is 0 Å². The van der Waals surface area contributed by atoms with Crippen molar-refractivity contribution in [2.24, 2.45) is 0 Å². The van der Waals surface area contributed by atoms with Crippen LogP contribution in [0.15, 0.2) is 170 Å². The molecular formula is C40H28BN2O2. The van der Waals surface area contributed by atoms with Crippen molar-refractivity contribution in [3.05, 3.63) is 170 Å². The minimum absolute atomic E-state index is 0.694. The standard InChI is InChI=1S/C40H28BN2O2/c1-3-11-29(12-4-1)39-27-31-15-7-9-17-37(31)42(39)33-19-23-35(24-20-33)44-41-45-36-25-21-34(22-26-36)43-38-18-10-8-16-32(38)28-40(43)30-13-5-2-6-14-30/h1-28H. The number of benzene rings is 6. The van der Waals surface area contributed by atoms with Crippen LogP contribution < -0.4 is 9.31 Å². The zero-order valence-electron chi connectivity index (χ0n) is 24.5. The van der Waals surface area contributed by atoms with E-state index in [1.54, 1.807) is 0 Å². The fourth-order valence-electron chi connectivity index (χ4n) is 5.99. The predicted molar refractivity (Wildman–Crippen MR) is 184 cm³/mol. The van der Waals surface area contributed by atoms with E-state index >= 15 is 0 Å². The second-order valence-corrected chi connectivity index (χ2v) is 10.9. The lowest BCUT2D eigenvalue weighted by molar-refractivity contribution is 0.459. The van der Waals surface area contributed by atoms with Gasteiger partial charge in [0.25, 0.3) is 0 Å². The summed E-state index contributed by atoms with van der Waals surface area (Å²) in [5, 5.41) is 2.40. The van der Waals surface area contributed by atoms with Crippen molar-refractivity contribution >= 4 is 29.5 Å². The molecule has 8 rings (SSSR count). The molecule has 8 aromatic rings. The first-order chi connectivity index (χ1) is 22.3. The van der Waals surface area contributed by atoms with Gasteiger partial charge in [0.2, 0.25) is 0 Å². The summed E-state index contributed by atoms with van der Waals surface area (Å²) in [6.45, 7) is 0. The van der Waals surface area contributed by atoms with Gasteiger partial charge in [-0.05, 0) is 83.9 Å². The summed E-state index contributed by atoms with van der Waals surface area (Å²) < 4.78 is 16.3. The Kier molecular flexibility index (Phi) is 6.89. The van der Waals surface area contributed by atoms with Gasteiger partial charge in [-0.2, -0.15) is 0 Å². The van der Waals surface area contributed by atoms with Crippen molar-refractivity contribution in [1.29, 1.82) is 0 Å². The Balaban J connectivity index is 0.990. The minimum Gasteiger partial charge on any atom is -0.526 e. The molecule has 0 unspecified atom stereocenters. The van der Waals surface area contributed by atoms with Crippen molar-refractivity contribution in [2.45, 2.75) is 0 Å². The molecular weight excluding hydrogens is 551 g/mol. The first-order valence-electron chi connectivity index (χ1n) is 15.0. The van der Waals surface area contributed by atoms with Crippen molar-refractivity contribution in [1.82, 2.24) is 9.13 Å². The lowest BCUT2D eigenvalue weighted by atomic mass is 10.1. The highest BCUT2D eigenvalue weighted by Gasteiger charge is 2.14. The molecule has 0 aliphatic heterocycles. The molecule has 6 aromatic carbocycles. The molecule has 2 aromatic heterocycles. The highest BCUT2D eigenvalue weighted by Crippen LogP contribution is 2.33. The van der Waals surface area contributed by atoms with Crippen LogP contribution >= 0.6 is 0 Å². The van der Waals surface area contributed by atoms with Crippen molar-refractivity contribution < 1.29 is 9.31 Å². The van der Waals surface area contributed by atoms with E-state index in [4.69, 9.17) is 9.31 Å². The van der Waals surface area contributed by atoms with Gasteiger partial charge in [0.15, 0.2) is 0 Å². The third-order valence-corrected chi connectivity index (χ3v) is 8.12. The van der Waals surface area contributed by atoms with Crippen molar-refractivity contribution in [2.75, 3.05) is 0 Å². The molecule has 0 spiro atoms. The van der Waals surface area contributed by atoms with E-state index in [1.165, 1.54) is 29.6 Å². The second-order valence-electron chi connectivity index (χ2n) is 10.9. The van der Waals surface area contributed by atoms with E-state index in [0.29, 0.717) is 11.5 Å². The summed E-state index contributed by atoms with van der Waals surface area (Å²) in [5.41, 5.74) is 9.07. The van der Waals surface area contributed by atoms with Crippen LogP contribution in [-0.2, 0) is 0 Å². The summed E-state index contributed by atoms with van der Waals surface area (Å²) in [5.74, 6) is 1.39. The summed E-state index contributed by atoms with van der Waals surface area (Å²) >= 11 is 0. The number of hydrogen-bond acceptors (Lipinski definition) is 2. The molecule has 4 nitrogen and oxygen atoms in total. The predicted octanol–water partition coefficient (Wildman–Crippen LogP) is 9.90. The number of rotatable bonds is 8. The summed E-state index contributed by atoms with van der Waals surface area (Å²) in [6.07, 6.45) is 0. The smallest absolute Gasteiger partial charge is 0.526 e. The van der Waals surface area contributed by atoms with Gasteiger partial charge in [0, 0.05) is 22.1 Å². The minimum atomic E-state index is 0.694. The van der Waals surface area contributed by atoms with Gasteiger partial charge in [-0.15, -0.1) is 0 Å². The van der Waals surface area contributed by atoms with Gasteiger partial charge in [0.05, 0.1) is 22.4 Å². The lowest BCUT2D eigenvalue weighted by Crippen LogP contribution is -2.11. The normalized spacial score (nSPS) is 11.1. The van der Waals surface area contributed by atoms with Crippen molar-refractivity contribution in [3.63, 3.8) is 0 Å².